The fourth-order valence-electron chi connectivity index (χ4n) is 4.43. The lowest BCUT2D eigenvalue weighted by Crippen LogP contribution is -2.54. The van der Waals surface area contributed by atoms with Crippen LogP contribution in [0.3, 0.4) is 0 Å². The Hall–Kier alpha value is -2.87. The van der Waals surface area contributed by atoms with Gasteiger partial charge in [-0.25, -0.2) is 4.39 Å². The zero-order chi connectivity index (χ0) is 22.4. The Balaban J connectivity index is 1.46. The summed E-state index contributed by atoms with van der Waals surface area (Å²) >= 11 is 0. The van der Waals surface area contributed by atoms with Crippen molar-refractivity contribution in [2.24, 2.45) is 4.99 Å². The lowest BCUT2D eigenvalue weighted by molar-refractivity contribution is 0.0529. The monoisotopic (exact) mass is 442 g/mol. The average Bonchev–Trinajstić information content (AvgIpc) is 3.37. The summed E-state index contributed by atoms with van der Waals surface area (Å²) in [5.41, 5.74) is 0.944. The standard InChI is InChI=1S/C24H31FN4O3/c1-2-26-23(29-13-11-28(12-14-29)22(30)21-4-3-15-32-21)27-18-24(9-16-31-17-10-24)19-5-7-20(25)8-6-19/h3-8,15H,2,9-14,16-18H2,1H3,(H,26,27). The topological polar surface area (TPSA) is 70.3 Å². The summed E-state index contributed by atoms with van der Waals surface area (Å²) in [4.78, 5) is 21.6. The predicted octanol–water partition coefficient (Wildman–Crippen LogP) is 2.89. The molecule has 7 nitrogen and oxygen atoms in total. The first kappa shape index (κ1) is 22.3. The highest BCUT2D eigenvalue weighted by Gasteiger charge is 2.35. The third kappa shape index (κ3) is 4.96. The van der Waals surface area contributed by atoms with Crippen molar-refractivity contribution in [3.05, 3.63) is 59.8 Å². The summed E-state index contributed by atoms with van der Waals surface area (Å²) in [6.07, 6.45) is 3.23. The van der Waals surface area contributed by atoms with E-state index in [2.05, 4.69) is 17.1 Å². The molecule has 2 aliphatic heterocycles. The van der Waals surface area contributed by atoms with Crippen LogP contribution in [0.1, 0.15) is 35.9 Å². The number of carbonyl (C=O) groups is 1. The van der Waals surface area contributed by atoms with Crippen molar-refractivity contribution in [1.82, 2.24) is 15.1 Å². The SMILES string of the molecule is CCNC(=NCC1(c2ccc(F)cc2)CCOCC1)N1CCN(C(=O)c2ccco2)CC1. The molecular formula is C24H31FN4O3. The quantitative estimate of drug-likeness (QED) is 0.570. The Bertz CT molecular complexity index is 900. The van der Waals surface area contributed by atoms with Gasteiger partial charge in [-0.1, -0.05) is 12.1 Å². The van der Waals surface area contributed by atoms with Crippen molar-refractivity contribution in [2.45, 2.75) is 25.2 Å². The van der Waals surface area contributed by atoms with E-state index >= 15 is 0 Å². The number of amides is 1. The van der Waals surface area contributed by atoms with Crippen LogP contribution in [0.2, 0.25) is 0 Å². The molecule has 2 aliphatic rings. The number of rotatable bonds is 5. The lowest BCUT2D eigenvalue weighted by atomic mass is 9.74. The molecule has 0 saturated carbocycles. The minimum absolute atomic E-state index is 0.0749. The van der Waals surface area contributed by atoms with E-state index in [1.807, 2.05) is 17.0 Å². The van der Waals surface area contributed by atoms with Crippen LogP contribution in [-0.4, -0.2) is 74.1 Å². The molecule has 1 N–H and O–H groups in total. The zero-order valence-corrected chi connectivity index (χ0v) is 18.6. The van der Waals surface area contributed by atoms with Crippen molar-refractivity contribution in [3.63, 3.8) is 0 Å². The van der Waals surface area contributed by atoms with E-state index in [1.165, 1.54) is 18.4 Å². The number of guanidine groups is 1. The third-order valence-corrected chi connectivity index (χ3v) is 6.37. The fraction of sp³-hybridized carbons (Fsp3) is 0.500. The first-order valence-electron chi connectivity index (χ1n) is 11.3. The van der Waals surface area contributed by atoms with Crippen LogP contribution in [-0.2, 0) is 10.2 Å². The first-order chi connectivity index (χ1) is 15.6. The summed E-state index contributed by atoms with van der Waals surface area (Å²) in [6, 6.07) is 10.2. The van der Waals surface area contributed by atoms with Crippen molar-refractivity contribution in [1.29, 1.82) is 0 Å². The van der Waals surface area contributed by atoms with Gasteiger partial charge in [-0.15, -0.1) is 0 Å². The number of hydrogen-bond donors (Lipinski definition) is 1. The Morgan fingerprint density at radius 2 is 1.78 bits per heavy atom. The molecule has 1 amide bonds. The van der Waals surface area contributed by atoms with E-state index in [-0.39, 0.29) is 17.1 Å². The van der Waals surface area contributed by atoms with Crippen LogP contribution in [0.4, 0.5) is 4.39 Å². The van der Waals surface area contributed by atoms with Crippen LogP contribution < -0.4 is 5.32 Å². The number of benzene rings is 1. The Morgan fingerprint density at radius 3 is 2.41 bits per heavy atom. The number of furan rings is 1. The van der Waals surface area contributed by atoms with Gasteiger partial charge in [0.25, 0.3) is 5.91 Å². The fourth-order valence-corrected chi connectivity index (χ4v) is 4.43. The molecule has 8 heteroatoms. The molecule has 0 radical (unpaired) electrons. The Kier molecular flexibility index (Phi) is 7.09. The van der Waals surface area contributed by atoms with Gasteiger partial charge in [-0.2, -0.15) is 0 Å². The van der Waals surface area contributed by atoms with E-state index < -0.39 is 0 Å². The van der Waals surface area contributed by atoms with E-state index in [0.29, 0.717) is 51.7 Å². The minimum Gasteiger partial charge on any atom is -0.459 e. The van der Waals surface area contributed by atoms with Crippen LogP contribution in [0.15, 0.2) is 52.1 Å². The maximum atomic E-state index is 13.5. The highest BCUT2D eigenvalue weighted by atomic mass is 19.1. The molecule has 4 rings (SSSR count). The molecule has 172 valence electrons. The smallest absolute Gasteiger partial charge is 0.289 e. The van der Waals surface area contributed by atoms with Crippen LogP contribution >= 0.6 is 0 Å². The molecule has 0 aliphatic carbocycles. The third-order valence-electron chi connectivity index (χ3n) is 6.37. The second-order valence-electron chi connectivity index (χ2n) is 8.33. The van der Waals surface area contributed by atoms with Crippen molar-refractivity contribution >= 4 is 11.9 Å². The number of aliphatic imine (C=N–C) groups is 1. The number of piperazine rings is 1. The predicted molar refractivity (Wildman–Crippen MR) is 120 cm³/mol. The first-order valence-corrected chi connectivity index (χ1v) is 11.3. The molecule has 1 aromatic heterocycles. The molecule has 2 aromatic rings. The second kappa shape index (κ2) is 10.2. The number of halogens is 1. The van der Waals surface area contributed by atoms with Gasteiger partial charge in [0.1, 0.15) is 5.82 Å². The number of carbonyl (C=O) groups excluding carboxylic acids is 1. The molecule has 1 aromatic carbocycles. The Labute approximate surface area is 188 Å². The lowest BCUT2D eigenvalue weighted by Gasteiger charge is -2.39. The van der Waals surface area contributed by atoms with Crippen LogP contribution in [0.25, 0.3) is 0 Å². The van der Waals surface area contributed by atoms with Gasteiger partial charge >= 0.3 is 0 Å². The maximum absolute atomic E-state index is 13.5. The van der Waals surface area contributed by atoms with Gasteiger partial charge in [0.15, 0.2) is 11.7 Å². The molecule has 2 saturated heterocycles. The van der Waals surface area contributed by atoms with Gasteiger partial charge in [0, 0.05) is 51.4 Å². The minimum atomic E-state index is -0.227. The maximum Gasteiger partial charge on any atom is 0.289 e. The molecular weight excluding hydrogens is 411 g/mol. The molecule has 0 bridgehead atoms. The zero-order valence-electron chi connectivity index (χ0n) is 18.6. The van der Waals surface area contributed by atoms with Gasteiger partial charge < -0.3 is 24.3 Å². The second-order valence-corrected chi connectivity index (χ2v) is 8.33. The van der Waals surface area contributed by atoms with Gasteiger partial charge in [-0.3, -0.25) is 9.79 Å². The number of hydrogen-bond acceptors (Lipinski definition) is 4. The molecule has 0 spiro atoms. The van der Waals surface area contributed by atoms with Gasteiger partial charge in [0.05, 0.1) is 12.8 Å². The van der Waals surface area contributed by atoms with Crippen molar-refractivity contribution < 1.29 is 18.3 Å². The number of ether oxygens (including phenoxy) is 1. The average molecular weight is 443 g/mol. The largest absolute Gasteiger partial charge is 0.459 e. The highest BCUT2D eigenvalue weighted by molar-refractivity contribution is 5.91. The molecule has 2 fully saturated rings. The Morgan fingerprint density at radius 1 is 1.09 bits per heavy atom. The van der Waals surface area contributed by atoms with Gasteiger partial charge in [-0.05, 0) is 49.6 Å². The summed E-state index contributed by atoms with van der Waals surface area (Å²) in [5, 5.41) is 3.40. The molecule has 0 unspecified atom stereocenters. The number of nitrogens with zero attached hydrogens (tertiary/aromatic N) is 3. The summed E-state index contributed by atoms with van der Waals surface area (Å²) in [5.74, 6) is 0.925. The van der Waals surface area contributed by atoms with Crippen LogP contribution in [0.5, 0.6) is 0 Å². The summed E-state index contributed by atoms with van der Waals surface area (Å²) in [7, 11) is 0. The van der Waals surface area contributed by atoms with E-state index in [4.69, 9.17) is 14.1 Å². The molecule has 0 atom stereocenters. The van der Waals surface area contributed by atoms with E-state index in [1.54, 1.807) is 12.1 Å². The van der Waals surface area contributed by atoms with E-state index in [0.717, 1.165) is 30.9 Å². The normalized spacial score (nSPS) is 19.1. The molecule has 32 heavy (non-hydrogen) atoms. The van der Waals surface area contributed by atoms with Crippen molar-refractivity contribution in [3.8, 4) is 0 Å². The summed E-state index contributed by atoms with van der Waals surface area (Å²) in [6.45, 7) is 7.40. The van der Waals surface area contributed by atoms with Crippen LogP contribution in [0, 0.1) is 5.82 Å². The number of nitrogens with one attached hydrogen (secondary N) is 1. The van der Waals surface area contributed by atoms with E-state index in [9.17, 15) is 9.18 Å². The summed E-state index contributed by atoms with van der Waals surface area (Å²) < 4.78 is 24.4. The molecule has 3 heterocycles. The van der Waals surface area contributed by atoms with Gasteiger partial charge in [0.2, 0.25) is 0 Å². The van der Waals surface area contributed by atoms with Crippen molar-refractivity contribution in [2.75, 3.05) is 52.5 Å². The highest BCUT2D eigenvalue weighted by Crippen LogP contribution is 2.35.